The van der Waals surface area contributed by atoms with E-state index in [1.807, 2.05) is 18.2 Å². The summed E-state index contributed by atoms with van der Waals surface area (Å²) in [5.74, 6) is -0.135. The number of nitrogens with one attached hydrogen (secondary N) is 1. The predicted molar refractivity (Wildman–Crippen MR) is 66.3 cm³/mol. The van der Waals surface area contributed by atoms with Crippen molar-refractivity contribution in [1.82, 2.24) is 4.98 Å². The second kappa shape index (κ2) is 4.90. The molecule has 80 valence electrons. The van der Waals surface area contributed by atoms with Crippen molar-refractivity contribution in [3.63, 3.8) is 0 Å². The Morgan fingerprint density at radius 2 is 1.88 bits per heavy atom. The first-order valence-electron chi connectivity index (χ1n) is 4.73. The monoisotopic (exact) mass is 276 g/mol. The van der Waals surface area contributed by atoms with Gasteiger partial charge in [-0.15, -0.1) is 0 Å². The van der Waals surface area contributed by atoms with E-state index >= 15 is 0 Å². The quantitative estimate of drug-likeness (QED) is 0.857. The van der Waals surface area contributed by atoms with E-state index in [-0.39, 0.29) is 5.91 Å². The Kier molecular flexibility index (Phi) is 3.31. The number of halogens is 1. The molecule has 3 nitrogen and oxygen atoms in total. The summed E-state index contributed by atoms with van der Waals surface area (Å²) in [6.07, 6.45) is 1.60. The molecule has 0 atom stereocenters. The summed E-state index contributed by atoms with van der Waals surface area (Å²) in [6.45, 7) is 0. The number of pyridine rings is 1. The standard InChI is InChI=1S/C12H9BrN2O/c13-11-7-6-10(8-14-11)15-12(16)9-4-2-1-3-5-9/h1-8H,(H,15,16). The van der Waals surface area contributed by atoms with Crippen LogP contribution < -0.4 is 5.32 Å². The first kappa shape index (κ1) is 10.8. The minimum atomic E-state index is -0.135. The molecule has 0 unspecified atom stereocenters. The summed E-state index contributed by atoms with van der Waals surface area (Å²) >= 11 is 3.23. The van der Waals surface area contributed by atoms with Crippen LogP contribution in [0.1, 0.15) is 10.4 Å². The van der Waals surface area contributed by atoms with Gasteiger partial charge in [0, 0.05) is 5.56 Å². The maximum absolute atomic E-state index is 11.7. The van der Waals surface area contributed by atoms with Gasteiger partial charge in [-0.1, -0.05) is 18.2 Å². The highest BCUT2D eigenvalue weighted by Crippen LogP contribution is 2.11. The Labute approximate surface area is 102 Å². The highest BCUT2D eigenvalue weighted by atomic mass is 79.9. The van der Waals surface area contributed by atoms with Gasteiger partial charge >= 0.3 is 0 Å². The normalized spacial score (nSPS) is 9.81. The molecule has 4 heteroatoms. The van der Waals surface area contributed by atoms with Crippen molar-refractivity contribution < 1.29 is 4.79 Å². The van der Waals surface area contributed by atoms with E-state index in [0.717, 1.165) is 4.60 Å². The molecule has 16 heavy (non-hydrogen) atoms. The number of benzene rings is 1. The fourth-order valence-electron chi connectivity index (χ4n) is 1.24. The van der Waals surface area contributed by atoms with E-state index in [4.69, 9.17) is 0 Å². The Balaban J connectivity index is 2.11. The molecule has 1 N–H and O–H groups in total. The molecule has 1 aromatic carbocycles. The summed E-state index contributed by atoms with van der Waals surface area (Å²) in [4.78, 5) is 15.8. The first-order chi connectivity index (χ1) is 7.75. The Morgan fingerprint density at radius 3 is 2.50 bits per heavy atom. The van der Waals surface area contributed by atoms with Gasteiger partial charge in [0.25, 0.3) is 5.91 Å². The van der Waals surface area contributed by atoms with E-state index in [1.54, 1.807) is 30.5 Å². The van der Waals surface area contributed by atoms with Crippen LogP contribution in [0.2, 0.25) is 0 Å². The van der Waals surface area contributed by atoms with E-state index < -0.39 is 0 Å². The lowest BCUT2D eigenvalue weighted by molar-refractivity contribution is 0.102. The van der Waals surface area contributed by atoms with Crippen LogP contribution in [0.25, 0.3) is 0 Å². The minimum absolute atomic E-state index is 0.135. The number of amides is 1. The summed E-state index contributed by atoms with van der Waals surface area (Å²) in [5.41, 5.74) is 1.31. The van der Waals surface area contributed by atoms with Crippen molar-refractivity contribution in [3.05, 3.63) is 58.8 Å². The van der Waals surface area contributed by atoms with Crippen LogP contribution >= 0.6 is 15.9 Å². The molecule has 1 aromatic heterocycles. The van der Waals surface area contributed by atoms with Crippen molar-refractivity contribution in [2.75, 3.05) is 5.32 Å². The number of hydrogen-bond donors (Lipinski definition) is 1. The fourth-order valence-corrected chi connectivity index (χ4v) is 1.48. The summed E-state index contributed by atoms with van der Waals surface area (Å²) in [6, 6.07) is 12.6. The van der Waals surface area contributed by atoms with E-state index in [1.165, 1.54) is 0 Å². The lowest BCUT2D eigenvalue weighted by Gasteiger charge is -2.04. The lowest BCUT2D eigenvalue weighted by Crippen LogP contribution is -2.11. The van der Waals surface area contributed by atoms with Gasteiger partial charge in [0.15, 0.2) is 0 Å². The molecule has 2 rings (SSSR count). The van der Waals surface area contributed by atoms with Crippen LogP contribution in [-0.2, 0) is 0 Å². The highest BCUT2D eigenvalue weighted by Gasteiger charge is 2.04. The number of carbonyl (C=O) groups is 1. The van der Waals surface area contributed by atoms with Crippen molar-refractivity contribution in [2.45, 2.75) is 0 Å². The largest absolute Gasteiger partial charge is 0.321 e. The van der Waals surface area contributed by atoms with Crippen molar-refractivity contribution in [3.8, 4) is 0 Å². The summed E-state index contributed by atoms with van der Waals surface area (Å²) < 4.78 is 0.741. The molecule has 0 radical (unpaired) electrons. The van der Waals surface area contributed by atoms with Crippen LogP contribution in [0.5, 0.6) is 0 Å². The molecule has 0 bridgehead atoms. The molecule has 0 spiro atoms. The third kappa shape index (κ3) is 2.67. The minimum Gasteiger partial charge on any atom is -0.321 e. The third-order valence-electron chi connectivity index (χ3n) is 2.02. The van der Waals surface area contributed by atoms with Gasteiger partial charge < -0.3 is 5.32 Å². The Bertz CT molecular complexity index is 482. The molecule has 1 amide bonds. The molecule has 2 aromatic rings. The number of anilines is 1. The number of nitrogens with zero attached hydrogens (tertiary/aromatic N) is 1. The van der Waals surface area contributed by atoms with Gasteiger partial charge in [0.1, 0.15) is 4.60 Å². The van der Waals surface area contributed by atoms with Crippen molar-refractivity contribution in [1.29, 1.82) is 0 Å². The maximum atomic E-state index is 11.7. The van der Waals surface area contributed by atoms with Gasteiger partial charge in [-0.25, -0.2) is 4.98 Å². The van der Waals surface area contributed by atoms with Crippen LogP contribution in [0.3, 0.4) is 0 Å². The topological polar surface area (TPSA) is 42.0 Å². The average Bonchev–Trinajstić information content (AvgIpc) is 2.33. The molecule has 0 aliphatic heterocycles. The van der Waals surface area contributed by atoms with E-state index in [9.17, 15) is 4.79 Å². The Hall–Kier alpha value is -1.68. The number of hydrogen-bond acceptors (Lipinski definition) is 2. The van der Waals surface area contributed by atoms with Crippen LogP contribution in [0.15, 0.2) is 53.3 Å². The third-order valence-corrected chi connectivity index (χ3v) is 2.49. The second-order valence-corrected chi connectivity index (χ2v) is 4.00. The highest BCUT2D eigenvalue weighted by molar-refractivity contribution is 9.10. The fraction of sp³-hybridized carbons (Fsp3) is 0. The second-order valence-electron chi connectivity index (χ2n) is 3.19. The van der Waals surface area contributed by atoms with Crippen molar-refractivity contribution in [2.24, 2.45) is 0 Å². The van der Waals surface area contributed by atoms with Crippen LogP contribution in [-0.4, -0.2) is 10.9 Å². The predicted octanol–water partition coefficient (Wildman–Crippen LogP) is 3.10. The van der Waals surface area contributed by atoms with Crippen LogP contribution in [0, 0.1) is 0 Å². The first-order valence-corrected chi connectivity index (χ1v) is 5.53. The number of carbonyl (C=O) groups excluding carboxylic acids is 1. The van der Waals surface area contributed by atoms with Gasteiger partial charge in [0.05, 0.1) is 11.9 Å². The summed E-state index contributed by atoms with van der Waals surface area (Å²) in [7, 11) is 0. The zero-order chi connectivity index (χ0) is 11.4. The van der Waals surface area contributed by atoms with Gasteiger partial charge in [-0.2, -0.15) is 0 Å². The lowest BCUT2D eigenvalue weighted by atomic mass is 10.2. The van der Waals surface area contributed by atoms with Gasteiger partial charge in [-0.05, 0) is 40.2 Å². The van der Waals surface area contributed by atoms with Gasteiger partial charge in [0.2, 0.25) is 0 Å². The average molecular weight is 277 g/mol. The Morgan fingerprint density at radius 1 is 1.12 bits per heavy atom. The van der Waals surface area contributed by atoms with Gasteiger partial charge in [-0.3, -0.25) is 4.79 Å². The molecule has 0 aliphatic carbocycles. The molecule has 1 heterocycles. The van der Waals surface area contributed by atoms with Crippen molar-refractivity contribution >= 4 is 27.5 Å². The molecular weight excluding hydrogens is 268 g/mol. The maximum Gasteiger partial charge on any atom is 0.255 e. The van der Waals surface area contributed by atoms with E-state index in [2.05, 4.69) is 26.2 Å². The molecule has 0 aliphatic rings. The molecular formula is C12H9BrN2O. The number of rotatable bonds is 2. The molecule has 0 saturated heterocycles. The zero-order valence-electron chi connectivity index (χ0n) is 8.35. The van der Waals surface area contributed by atoms with E-state index in [0.29, 0.717) is 11.3 Å². The number of aromatic nitrogens is 1. The summed E-state index contributed by atoms with van der Waals surface area (Å²) in [5, 5.41) is 2.76. The SMILES string of the molecule is O=C(Nc1ccc(Br)nc1)c1ccccc1. The zero-order valence-corrected chi connectivity index (χ0v) is 9.94. The molecule has 0 fully saturated rings. The van der Waals surface area contributed by atoms with Crippen LogP contribution in [0.4, 0.5) is 5.69 Å². The molecule has 0 saturated carbocycles. The smallest absolute Gasteiger partial charge is 0.255 e.